The molecule has 0 bridgehead atoms. The number of carboxylic acids is 2. The molecule has 0 saturated heterocycles. The summed E-state index contributed by atoms with van der Waals surface area (Å²) in [7, 11) is -0.721. The predicted molar refractivity (Wildman–Crippen MR) is 174 cm³/mol. The van der Waals surface area contributed by atoms with E-state index in [1.54, 1.807) is 0 Å². The minimum atomic E-state index is -1.08. The van der Waals surface area contributed by atoms with E-state index in [0.717, 1.165) is 13.8 Å². The van der Waals surface area contributed by atoms with Crippen LogP contribution in [0.4, 0.5) is 0 Å². The average molecular weight is 697 g/mol. The Bertz CT molecular complexity index is 1120. The molecule has 227 valence electrons. The zero-order chi connectivity index (χ0) is 30.3. The summed E-state index contributed by atoms with van der Waals surface area (Å²) in [6.07, 6.45) is 0. The Morgan fingerprint density at radius 1 is 0.548 bits per heavy atom. The van der Waals surface area contributed by atoms with Crippen LogP contribution >= 0.6 is 15.8 Å². The van der Waals surface area contributed by atoms with Crippen LogP contribution < -0.4 is 37.6 Å². The molecule has 0 aromatic heterocycles. The molecule has 0 saturated carbocycles. The van der Waals surface area contributed by atoms with Gasteiger partial charge in [-0.15, -0.1) is 0 Å². The van der Waals surface area contributed by atoms with Gasteiger partial charge in [0.15, 0.2) is 0 Å². The predicted octanol–water partition coefficient (Wildman–Crippen LogP) is 4.68. The molecule has 0 amide bonds. The third-order valence-corrected chi connectivity index (χ3v) is 19.8. The molecular weight excluding hydrogens is 655 g/mol. The summed E-state index contributed by atoms with van der Waals surface area (Å²) in [5, 5.41) is 23.8. The van der Waals surface area contributed by atoms with Crippen molar-refractivity contribution in [1.82, 2.24) is 6.15 Å². The first-order valence-electron chi connectivity index (χ1n) is 13.1. The molecule has 3 N–H and O–H groups in total. The van der Waals surface area contributed by atoms with Crippen molar-refractivity contribution in [2.75, 3.05) is 9.27 Å². The maximum Gasteiger partial charge on any atom is -0.344 e. The summed E-state index contributed by atoms with van der Waals surface area (Å²) in [5.74, 6) is -2.17. The van der Waals surface area contributed by atoms with Gasteiger partial charge in [-0.05, 0) is 13.8 Å². The van der Waals surface area contributed by atoms with Crippen molar-refractivity contribution in [3.05, 3.63) is 121 Å². The van der Waals surface area contributed by atoms with Crippen LogP contribution in [0.1, 0.15) is 34.6 Å². The molecule has 4 aromatic rings. The fraction of sp³-hybridized carbons (Fsp3) is 0.235. The molecule has 0 aliphatic rings. The molecule has 0 radical (unpaired) electrons. The molecular formula is C34H42NO4P2Pd. The van der Waals surface area contributed by atoms with Gasteiger partial charge in [0.1, 0.15) is 0 Å². The van der Waals surface area contributed by atoms with E-state index in [-0.39, 0.29) is 22.0 Å². The van der Waals surface area contributed by atoms with Crippen molar-refractivity contribution in [2.45, 2.75) is 38.5 Å². The first kappa shape index (κ1) is 37.3. The standard InChI is InChI=1S/2C13H12P.C4H9.2C2H4O2.H3N.Pd/c2*1-14(12-8-4-2-5-9-12)13-10-6-3-7-11-13;1-4(2)3;2*1-2(3)4;;/h2*2-11H,1H2;1-3H3;2*1H3,(H,3,4);1H3;/q;;;;;;+2/p-2. The van der Waals surface area contributed by atoms with Crippen molar-refractivity contribution in [3.8, 4) is 0 Å². The van der Waals surface area contributed by atoms with Gasteiger partial charge in [-0.25, -0.2) is 0 Å². The number of hydrogen-bond donors (Lipinski definition) is 1. The second kappa shape index (κ2) is 19.5. The van der Waals surface area contributed by atoms with Crippen LogP contribution in [0, 0.1) is 0 Å². The van der Waals surface area contributed by atoms with Crippen molar-refractivity contribution in [1.29, 1.82) is 0 Å². The van der Waals surface area contributed by atoms with Crippen LogP contribution in [0.3, 0.4) is 0 Å². The van der Waals surface area contributed by atoms with Gasteiger partial charge >= 0.3 is 209 Å². The summed E-state index contributed by atoms with van der Waals surface area (Å²) in [6.45, 7) is 9.41. The number of benzene rings is 4. The molecule has 4 aromatic carbocycles. The van der Waals surface area contributed by atoms with Gasteiger partial charge in [0.2, 0.25) is 0 Å². The van der Waals surface area contributed by atoms with E-state index in [1.165, 1.54) is 30.5 Å². The molecule has 0 spiro atoms. The summed E-state index contributed by atoms with van der Waals surface area (Å²) >= 11 is -0.877. The number of carbonyl (C=O) groups is 2. The normalized spacial score (nSPS) is 10.8. The van der Waals surface area contributed by atoms with Crippen molar-refractivity contribution in [2.24, 2.45) is 0 Å². The Morgan fingerprint density at radius 3 is 0.905 bits per heavy atom. The van der Waals surface area contributed by atoms with Crippen molar-refractivity contribution >= 4 is 49.0 Å². The van der Waals surface area contributed by atoms with E-state index in [9.17, 15) is 0 Å². The number of aliphatic carboxylic acids is 2. The summed E-state index contributed by atoms with van der Waals surface area (Å²) in [5.41, 5.74) is 0. The molecule has 4 rings (SSSR count). The van der Waals surface area contributed by atoms with Crippen molar-refractivity contribution in [3.63, 3.8) is 0 Å². The summed E-state index contributed by atoms with van der Waals surface area (Å²) in [4.78, 5) is 17.8. The Hall–Kier alpha value is -2.70. The van der Waals surface area contributed by atoms with Gasteiger partial charge in [-0.3, -0.25) is 0 Å². The van der Waals surface area contributed by atoms with Crippen LogP contribution in [0.25, 0.3) is 0 Å². The number of carbonyl (C=O) groups excluding carboxylic acids is 2. The summed E-state index contributed by atoms with van der Waals surface area (Å²) in [6, 6.07) is 45.0. The summed E-state index contributed by atoms with van der Waals surface area (Å²) < 4.78 is 3.01. The van der Waals surface area contributed by atoms with E-state index in [2.05, 4.69) is 142 Å². The van der Waals surface area contributed by atoms with E-state index >= 15 is 0 Å². The average Bonchev–Trinajstić information content (AvgIpc) is 2.94. The van der Waals surface area contributed by atoms with E-state index in [4.69, 9.17) is 19.8 Å². The van der Waals surface area contributed by atoms with Gasteiger partial charge in [0, 0.05) is 11.9 Å². The SMILES string of the molecule is CC(=O)[O-].CC(=O)[O-].C[C](C)(C)[Pd+2]([CH2]P(c1ccccc1)c1ccccc1)[CH2]P(c1ccccc1)c1ccccc1.N. The van der Waals surface area contributed by atoms with Gasteiger partial charge in [-0.2, -0.15) is 0 Å². The minimum Gasteiger partial charge on any atom is -0.344 e. The zero-order valence-corrected chi connectivity index (χ0v) is 28.4. The maximum atomic E-state index is 8.89. The van der Waals surface area contributed by atoms with E-state index in [0.29, 0.717) is 3.89 Å². The third-order valence-electron chi connectivity index (χ3n) is 5.38. The van der Waals surface area contributed by atoms with Crippen molar-refractivity contribution < 1.29 is 36.6 Å². The number of carboxylic acid groups (broad SMARTS) is 2. The van der Waals surface area contributed by atoms with Gasteiger partial charge in [0.25, 0.3) is 0 Å². The molecule has 8 heteroatoms. The van der Waals surface area contributed by atoms with E-state index < -0.39 is 28.7 Å². The Labute approximate surface area is 259 Å². The number of rotatable bonds is 8. The largest absolute Gasteiger partial charge is 0.344 e. The van der Waals surface area contributed by atoms with Gasteiger partial charge < -0.3 is 26.0 Å². The molecule has 0 heterocycles. The molecule has 0 aliphatic heterocycles. The van der Waals surface area contributed by atoms with Crippen LogP contribution in [-0.4, -0.2) is 21.2 Å². The Kier molecular flexibility index (Phi) is 17.3. The molecule has 0 aliphatic carbocycles. The topological polar surface area (TPSA) is 115 Å². The first-order valence-corrected chi connectivity index (χ1v) is 19.1. The van der Waals surface area contributed by atoms with Crippen LogP contribution in [0.2, 0.25) is 3.89 Å². The van der Waals surface area contributed by atoms with Crippen LogP contribution in [0.15, 0.2) is 121 Å². The molecule has 0 unspecified atom stereocenters. The zero-order valence-electron chi connectivity index (χ0n) is 25.0. The molecule has 0 fully saturated rings. The molecule has 0 atom stereocenters. The Morgan fingerprint density at radius 2 is 0.738 bits per heavy atom. The monoisotopic (exact) mass is 696 g/mol. The van der Waals surface area contributed by atoms with Gasteiger partial charge in [0.05, 0.1) is 0 Å². The quantitative estimate of drug-likeness (QED) is 0.212. The van der Waals surface area contributed by atoms with Gasteiger partial charge in [-0.1, -0.05) is 0 Å². The third kappa shape index (κ3) is 14.0. The smallest absolute Gasteiger partial charge is 0.344 e. The number of hydrogen-bond acceptors (Lipinski definition) is 5. The maximum absolute atomic E-state index is 8.89. The second-order valence-corrected chi connectivity index (χ2v) is 21.1. The Balaban J connectivity index is 0.000000873. The fourth-order valence-corrected chi connectivity index (χ4v) is 20.8. The molecule has 42 heavy (non-hydrogen) atoms. The fourth-order valence-electron chi connectivity index (χ4n) is 3.53. The second-order valence-electron chi connectivity index (χ2n) is 9.74. The minimum absolute atomic E-state index is 0. The van der Waals surface area contributed by atoms with E-state index in [1.807, 2.05) is 0 Å². The molecule has 5 nitrogen and oxygen atoms in total. The van der Waals surface area contributed by atoms with Crippen LogP contribution in [-0.2, 0) is 26.3 Å². The van der Waals surface area contributed by atoms with Crippen LogP contribution in [0.5, 0.6) is 0 Å². The first-order chi connectivity index (χ1) is 19.5.